The predicted molar refractivity (Wildman–Crippen MR) is 105 cm³/mol. The zero-order valence-corrected chi connectivity index (χ0v) is 17.0. The van der Waals surface area contributed by atoms with Gasteiger partial charge in [-0.1, -0.05) is 40.9 Å². The molecule has 0 bridgehead atoms. The van der Waals surface area contributed by atoms with Crippen molar-refractivity contribution in [2.45, 2.75) is 27.7 Å². The van der Waals surface area contributed by atoms with Crippen molar-refractivity contribution in [3.63, 3.8) is 0 Å². The summed E-state index contributed by atoms with van der Waals surface area (Å²) in [6.45, 7) is 6.70. The van der Waals surface area contributed by atoms with Crippen molar-refractivity contribution in [1.29, 1.82) is 0 Å². The first kappa shape index (κ1) is 21.0. The molecule has 6 nitrogen and oxygen atoms in total. The van der Waals surface area contributed by atoms with E-state index in [1.54, 1.807) is 6.92 Å². The van der Waals surface area contributed by atoms with E-state index >= 15 is 0 Å². The number of pyridine rings is 1. The van der Waals surface area contributed by atoms with E-state index in [1.807, 2.05) is 32.9 Å². The van der Waals surface area contributed by atoms with Gasteiger partial charge in [-0.3, -0.25) is 4.79 Å². The van der Waals surface area contributed by atoms with Crippen molar-refractivity contribution >= 4 is 40.9 Å². The molecular formula is C19H20Cl2N2O4. The minimum Gasteiger partial charge on any atom is -0.481 e. The molecule has 0 aliphatic carbocycles. The van der Waals surface area contributed by atoms with Crippen LogP contribution in [0, 0.1) is 27.7 Å². The summed E-state index contributed by atoms with van der Waals surface area (Å²) in [6.07, 6.45) is 0. The lowest BCUT2D eigenvalue weighted by Gasteiger charge is -2.13. The first-order chi connectivity index (χ1) is 12.7. The lowest BCUT2D eigenvalue weighted by Crippen LogP contribution is -2.24. The Labute approximate surface area is 167 Å². The van der Waals surface area contributed by atoms with Gasteiger partial charge < -0.3 is 14.8 Å². The minimum atomic E-state index is -0.657. The highest BCUT2D eigenvalue weighted by Crippen LogP contribution is 2.26. The Hall–Kier alpha value is -2.31. The molecule has 1 heterocycles. The van der Waals surface area contributed by atoms with Gasteiger partial charge in [0.1, 0.15) is 5.75 Å². The van der Waals surface area contributed by atoms with Gasteiger partial charge in [0.15, 0.2) is 19.0 Å². The number of rotatable bonds is 6. The summed E-state index contributed by atoms with van der Waals surface area (Å²) in [6, 6.07) is 5.41. The highest BCUT2D eigenvalue weighted by molar-refractivity contribution is 6.36. The fraction of sp³-hybridized carbons (Fsp3) is 0.316. The van der Waals surface area contributed by atoms with E-state index in [0.717, 1.165) is 16.7 Å². The number of halogens is 2. The molecular weight excluding hydrogens is 391 g/mol. The highest BCUT2D eigenvalue weighted by Gasteiger charge is 2.14. The molecule has 0 radical (unpaired) electrons. The highest BCUT2D eigenvalue weighted by atomic mass is 35.5. The van der Waals surface area contributed by atoms with Crippen LogP contribution in [0.4, 0.5) is 5.82 Å². The number of anilines is 1. The molecule has 1 N–H and O–H groups in total. The number of nitrogens with zero attached hydrogens (tertiary/aromatic N) is 1. The van der Waals surface area contributed by atoms with Crippen LogP contribution in [0.15, 0.2) is 18.2 Å². The van der Waals surface area contributed by atoms with Crippen LogP contribution in [0.5, 0.6) is 5.75 Å². The summed E-state index contributed by atoms with van der Waals surface area (Å²) in [4.78, 5) is 27.8. The largest absolute Gasteiger partial charge is 0.481 e. The van der Waals surface area contributed by atoms with Gasteiger partial charge in [0.2, 0.25) is 0 Å². The van der Waals surface area contributed by atoms with Gasteiger partial charge in [-0.2, -0.15) is 0 Å². The zero-order chi connectivity index (χ0) is 20.1. The molecule has 0 saturated heterocycles. The van der Waals surface area contributed by atoms with E-state index in [0.29, 0.717) is 16.5 Å². The number of esters is 1. The maximum atomic E-state index is 11.9. The monoisotopic (exact) mass is 410 g/mol. The average molecular weight is 411 g/mol. The van der Waals surface area contributed by atoms with E-state index in [1.165, 1.54) is 6.07 Å². The molecule has 8 heteroatoms. The SMILES string of the molecule is Cc1cc(C)c(OCC(=O)OCC(=O)Nc2nc(C)c(Cl)cc2Cl)c(C)c1. The Morgan fingerprint density at radius 2 is 1.63 bits per heavy atom. The number of ether oxygens (including phenoxy) is 2. The van der Waals surface area contributed by atoms with Gasteiger partial charge >= 0.3 is 5.97 Å². The standard InChI is InChI=1S/C19H20Cl2N2O4/c1-10-5-11(2)18(12(3)6-10)27-9-17(25)26-8-16(24)23-19-15(21)7-14(20)13(4)22-19/h5-7H,8-9H2,1-4H3,(H,22,23,24). The van der Waals surface area contributed by atoms with Crippen LogP contribution in [0.3, 0.4) is 0 Å². The van der Waals surface area contributed by atoms with Gasteiger partial charge in [-0.15, -0.1) is 0 Å². The molecule has 0 unspecified atom stereocenters. The Morgan fingerprint density at radius 1 is 1.00 bits per heavy atom. The van der Waals surface area contributed by atoms with Crippen molar-refractivity contribution in [2.75, 3.05) is 18.5 Å². The Kier molecular flexibility index (Phi) is 7.05. The lowest BCUT2D eigenvalue weighted by atomic mass is 10.1. The molecule has 2 rings (SSSR count). The molecule has 0 atom stereocenters. The van der Waals surface area contributed by atoms with Crippen LogP contribution in [0.25, 0.3) is 0 Å². The van der Waals surface area contributed by atoms with Crippen LogP contribution in [-0.2, 0) is 14.3 Å². The molecule has 1 aromatic heterocycles. The Balaban J connectivity index is 1.85. The maximum absolute atomic E-state index is 11.9. The van der Waals surface area contributed by atoms with Gasteiger partial charge in [0, 0.05) is 0 Å². The molecule has 0 saturated carbocycles. The van der Waals surface area contributed by atoms with Crippen LogP contribution in [0.1, 0.15) is 22.4 Å². The van der Waals surface area contributed by atoms with Crippen molar-refractivity contribution < 1.29 is 19.1 Å². The first-order valence-corrected chi connectivity index (χ1v) is 8.91. The smallest absolute Gasteiger partial charge is 0.344 e. The third-order valence-corrected chi connectivity index (χ3v) is 4.34. The normalized spacial score (nSPS) is 10.4. The summed E-state index contributed by atoms with van der Waals surface area (Å²) in [5.41, 5.74) is 3.49. The van der Waals surface area contributed by atoms with Crippen molar-refractivity contribution in [1.82, 2.24) is 4.98 Å². The second-order valence-electron chi connectivity index (χ2n) is 6.11. The fourth-order valence-corrected chi connectivity index (χ4v) is 2.93. The van der Waals surface area contributed by atoms with Crippen molar-refractivity contribution in [3.8, 4) is 5.75 Å². The van der Waals surface area contributed by atoms with Crippen LogP contribution in [-0.4, -0.2) is 30.1 Å². The van der Waals surface area contributed by atoms with E-state index < -0.39 is 18.5 Å². The molecule has 144 valence electrons. The number of carbonyl (C=O) groups excluding carboxylic acids is 2. The van der Waals surface area contributed by atoms with E-state index in [-0.39, 0.29) is 17.4 Å². The molecule has 0 aliphatic rings. The molecule has 1 aromatic carbocycles. The molecule has 27 heavy (non-hydrogen) atoms. The summed E-state index contributed by atoms with van der Waals surface area (Å²) in [5.74, 6) is -0.436. The number of hydrogen-bond donors (Lipinski definition) is 1. The summed E-state index contributed by atoms with van der Waals surface area (Å²) in [7, 11) is 0. The van der Waals surface area contributed by atoms with Crippen LogP contribution < -0.4 is 10.1 Å². The number of aryl methyl sites for hydroxylation is 4. The number of aromatic nitrogens is 1. The van der Waals surface area contributed by atoms with Gasteiger partial charge in [0.05, 0.1) is 15.7 Å². The zero-order valence-electron chi connectivity index (χ0n) is 15.5. The third-order valence-electron chi connectivity index (χ3n) is 3.67. The number of benzene rings is 1. The van der Waals surface area contributed by atoms with Crippen LogP contribution in [0.2, 0.25) is 10.0 Å². The first-order valence-electron chi connectivity index (χ1n) is 8.16. The van der Waals surface area contributed by atoms with Crippen LogP contribution >= 0.6 is 23.2 Å². The molecule has 1 amide bonds. The summed E-state index contributed by atoms with van der Waals surface area (Å²) < 4.78 is 10.5. The van der Waals surface area contributed by atoms with E-state index in [2.05, 4.69) is 10.3 Å². The fourth-order valence-electron chi connectivity index (χ4n) is 2.53. The third kappa shape index (κ3) is 5.84. The van der Waals surface area contributed by atoms with Gasteiger partial charge in [0.25, 0.3) is 5.91 Å². The van der Waals surface area contributed by atoms with E-state index in [4.69, 9.17) is 32.7 Å². The van der Waals surface area contributed by atoms with Gasteiger partial charge in [-0.05, 0) is 44.9 Å². The Morgan fingerprint density at radius 3 is 2.26 bits per heavy atom. The summed E-state index contributed by atoms with van der Waals surface area (Å²) >= 11 is 11.9. The van der Waals surface area contributed by atoms with Crippen molar-refractivity contribution in [3.05, 3.63) is 50.6 Å². The molecule has 2 aromatic rings. The second-order valence-corrected chi connectivity index (χ2v) is 6.93. The average Bonchev–Trinajstić information content (AvgIpc) is 2.57. The Bertz CT molecular complexity index is 861. The van der Waals surface area contributed by atoms with Gasteiger partial charge in [-0.25, -0.2) is 9.78 Å². The minimum absolute atomic E-state index is 0.154. The topological polar surface area (TPSA) is 77.5 Å². The molecule has 0 fully saturated rings. The van der Waals surface area contributed by atoms with Crippen molar-refractivity contribution in [2.24, 2.45) is 0 Å². The maximum Gasteiger partial charge on any atom is 0.344 e. The quantitative estimate of drug-likeness (QED) is 0.722. The summed E-state index contributed by atoms with van der Waals surface area (Å²) in [5, 5.41) is 3.06. The van der Waals surface area contributed by atoms with E-state index in [9.17, 15) is 9.59 Å². The molecule has 0 aliphatic heterocycles. The lowest BCUT2D eigenvalue weighted by molar-refractivity contribution is -0.149. The predicted octanol–water partition coefficient (Wildman–Crippen LogP) is 4.18. The number of amides is 1. The number of hydrogen-bond acceptors (Lipinski definition) is 5. The molecule has 0 spiro atoms. The number of nitrogens with one attached hydrogen (secondary N) is 1. The number of carbonyl (C=O) groups is 2. The second kappa shape index (κ2) is 9.06.